The maximum atomic E-state index is 12.1. The number of rotatable bonds is 5. The molecular formula is C17H20N4O3. The molecule has 126 valence electrons. The van der Waals surface area contributed by atoms with E-state index in [4.69, 9.17) is 0 Å². The van der Waals surface area contributed by atoms with Gasteiger partial charge >= 0.3 is 0 Å². The SMILES string of the molecule is CC1CCCCC1N/C=C(/C#N)C(=O)Nc1ccc([N+](=O)[O-])cc1. The normalized spacial score (nSPS) is 20.8. The highest BCUT2D eigenvalue weighted by molar-refractivity contribution is 6.06. The molecule has 0 spiro atoms. The molecule has 1 aliphatic carbocycles. The number of amides is 1. The van der Waals surface area contributed by atoms with Crippen molar-refractivity contribution in [3.63, 3.8) is 0 Å². The summed E-state index contributed by atoms with van der Waals surface area (Å²) in [7, 11) is 0. The molecule has 24 heavy (non-hydrogen) atoms. The van der Waals surface area contributed by atoms with Crippen molar-refractivity contribution in [2.24, 2.45) is 5.92 Å². The quantitative estimate of drug-likeness (QED) is 0.374. The summed E-state index contributed by atoms with van der Waals surface area (Å²) < 4.78 is 0. The van der Waals surface area contributed by atoms with Crippen LogP contribution in [-0.4, -0.2) is 16.9 Å². The monoisotopic (exact) mass is 328 g/mol. The first kappa shape index (κ1) is 17.5. The minimum absolute atomic E-state index is 0.0221. The number of hydrogen-bond acceptors (Lipinski definition) is 5. The van der Waals surface area contributed by atoms with E-state index >= 15 is 0 Å². The molecule has 0 bridgehead atoms. The Bertz CT molecular complexity index is 676. The second-order valence-corrected chi connectivity index (χ2v) is 5.96. The molecule has 2 unspecified atom stereocenters. The van der Waals surface area contributed by atoms with Gasteiger partial charge in [-0.2, -0.15) is 5.26 Å². The predicted molar refractivity (Wildman–Crippen MR) is 90.0 cm³/mol. The lowest BCUT2D eigenvalue weighted by Crippen LogP contribution is -2.34. The molecule has 1 aliphatic rings. The van der Waals surface area contributed by atoms with E-state index in [9.17, 15) is 20.2 Å². The van der Waals surface area contributed by atoms with Crippen LogP contribution in [0.5, 0.6) is 0 Å². The Hall–Kier alpha value is -2.88. The van der Waals surface area contributed by atoms with E-state index in [1.165, 1.54) is 36.9 Å². The van der Waals surface area contributed by atoms with Crippen LogP contribution in [0, 0.1) is 27.4 Å². The number of nitrogens with one attached hydrogen (secondary N) is 2. The summed E-state index contributed by atoms with van der Waals surface area (Å²) in [6.45, 7) is 2.16. The first-order valence-corrected chi connectivity index (χ1v) is 7.93. The molecule has 0 saturated heterocycles. The molecule has 2 atom stereocenters. The summed E-state index contributed by atoms with van der Waals surface area (Å²) in [5, 5.41) is 25.5. The highest BCUT2D eigenvalue weighted by Crippen LogP contribution is 2.23. The van der Waals surface area contributed by atoms with Crippen molar-refractivity contribution in [3.05, 3.63) is 46.2 Å². The van der Waals surface area contributed by atoms with Gasteiger partial charge in [0.1, 0.15) is 11.6 Å². The van der Waals surface area contributed by atoms with Crippen LogP contribution in [0.25, 0.3) is 0 Å². The number of carbonyl (C=O) groups excluding carboxylic acids is 1. The van der Waals surface area contributed by atoms with Crippen LogP contribution in [0.2, 0.25) is 0 Å². The fraction of sp³-hybridized carbons (Fsp3) is 0.412. The van der Waals surface area contributed by atoms with Gasteiger partial charge in [0.05, 0.1) is 4.92 Å². The maximum Gasteiger partial charge on any atom is 0.269 e. The Balaban J connectivity index is 1.99. The average Bonchev–Trinajstić information content (AvgIpc) is 2.57. The summed E-state index contributed by atoms with van der Waals surface area (Å²) in [5.41, 5.74) is 0.320. The topological polar surface area (TPSA) is 108 Å². The zero-order valence-corrected chi connectivity index (χ0v) is 13.5. The molecule has 2 N–H and O–H groups in total. The first-order valence-electron chi connectivity index (χ1n) is 7.93. The Morgan fingerprint density at radius 3 is 2.58 bits per heavy atom. The zero-order valence-electron chi connectivity index (χ0n) is 13.5. The van der Waals surface area contributed by atoms with Crippen molar-refractivity contribution in [2.75, 3.05) is 5.32 Å². The molecule has 1 amide bonds. The number of nitrogens with zero attached hydrogens (tertiary/aromatic N) is 2. The summed E-state index contributed by atoms with van der Waals surface area (Å²) in [6.07, 6.45) is 6.00. The van der Waals surface area contributed by atoms with Crippen molar-refractivity contribution in [3.8, 4) is 6.07 Å². The maximum absolute atomic E-state index is 12.1. The smallest absolute Gasteiger partial charge is 0.269 e. The molecule has 0 radical (unpaired) electrons. The molecule has 1 saturated carbocycles. The van der Waals surface area contributed by atoms with Gasteiger partial charge in [-0.25, -0.2) is 0 Å². The molecule has 0 aromatic heterocycles. The van der Waals surface area contributed by atoms with Crippen molar-refractivity contribution in [1.82, 2.24) is 5.32 Å². The third-order valence-corrected chi connectivity index (χ3v) is 4.25. The van der Waals surface area contributed by atoms with Gasteiger partial charge < -0.3 is 10.6 Å². The highest BCUT2D eigenvalue weighted by atomic mass is 16.6. The Labute approximate surface area is 140 Å². The van der Waals surface area contributed by atoms with Gasteiger partial charge in [0, 0.05) is 30.1 Å². The largest absolute Gasteiger partial charge is 0.387 e. The molecule has 0 aliphatic heterocycles. The van der Waals surface area contributed by atoms with Crippen LogP contribution in [0.3, 0.4) is 0 Å². The van der Waals surface area contributed by atoms with Crippen molar-refractivity contribution in [1.29, 1.82) is 5.26 Å². The third kappa shape index (κ3) is 4.56. The van der Waals surface area contributed by atoms with E-state index in [2.05, 4.69) is 17.6 Å². The molecule has 2 rings (SSSR count). The van der Waals surface area contributed by atoms with Gasteiger partial charge in [-0.15, -0.1) is 0 Å². The summed E-state index contributed by atoms with van der Waals surface area (Å²) >= 11 is 0. The minimum atomic E-state index is -0.540. The lowest BCUT2D eigenvalue weighted by molar-refractivity contribution is -0.384. The van der Waals surface area contributed by atoms with E-state index in [-0.39, 0.29) is 17.3 Å². The molecule has 1 fully saturated rings. The summed E-state index contributed by atoms with van der Waals surface area (Å²) in [5.74, 6) is -0.0324. The van der Waals surface area contributed by atoms with Crippen LogP contribution in [0.1, 0.15) is 32.6 Å². The molecular weight excluding hydrogens is 308 g/mol. The van der Waals surface area contributed by atoms with E-state index in [0.717, 1.165) is 19.3 Å². The lowest BCUT2D eigenvalue weighted by atomic mass is 9.86. The van der Waals surface area contributed by atoms with Gasteiger partial charge in [-0.1, -0.05) is 19.8 Å². The number of nitro groups is 1. The number of non-ortho nitro benzene ring substituents is 1. The van der Waals surface area contributed by atoms with Crippen molar-refractivity contribution >= 4 is 17.3 Å². The second kappa shape index (κ2) is 8.11. The summed E-state index contributed by atoms with van der Waals surface area (Å²) in [6, 6.07) is 7.62. The molecule has 1 aromatic rings. The number of hydrogen-bond donors (Lipinski definition) is 2. The van der Waals surface area contributed by atoms with Gasteiger partial charge in [-0.3, -0.25) is 14.9 Å². The Morgan fingerprint density at radius 2 is 2.00 bits per heavy atom. The van der Waals surface area contributed by atoms with Gasteiger partial charge in [-0.05, 0) is 30.9 Å². The Morgan fingerprint density at radius 1 is 1.33 bits per heavy atom. The number of nitro benzene ring substituents is 1. The van der Waals surface area contributed by atoms with Crippen LogP contribution in [0.4, 0.5) is 11.4 Å². The number of anilines is 1. The molecule has 1 aromatic carbocycles. The van der Waals surface area contributed by atoms with E-state index in [1.807, 2.05) is 6.07 Å². The van der Waals surface area contributed by atoms with E-state index in [1.54, 1.807) is 0 Å². The molecule has 0 heterocycles. The number of benzene rings is 1. The zero-order chi connectivity index (χ0) is 17.5. The average molecular weight is 328 g/mol. The van der Waals surface area contributed by atoms with E-state index in [0.29, 0.717) is 11.6 Å². The lowest BCUT2D eigenvalue weighted by Gasteiger charge is -2.29. The highest BCUT2D eigenvalue weighted by Gasteiger charge is 2.20. The fourth-order valence-electron chi connectivity index (χ4n) is 2.77. The second-order valence-electron chi connectivity index (χ2n) is 5.96. The number of nitriles is 1. The molecule has 7 nitrogen and oxygen atoms in total. The van der Waals surface area contributed by atoms with Gasteiger partial charge in [0.15, 0.2) is 0 Å². The number of carbonyl (C=O) groups is 1. The van der Waals surface area contributed by atoms with Crippen LogP contribution < -0.4 is 10.6 Å². The molecule has 7 heteroatoms. The van der Waals surface area contributed by atoms with Crippen LogP contribution in [0.15, 0.2) is 36.0 Å². The minimum Gasteiger partial charge on any atom is -0.387 e. The summed E-state index contributed by atoms with van der Waals surface area (Å²) in [4.78, 5) is 22.2. The van der Waals surface area contributed by atoms with E-state index < -0.39 is 10.8 Å². The third-order valence-electron chi connectivity index (χ3n) is 4.25. The van der Waals surface area contributed by atoms with Crippen LogP contribution in [-0.2, 0) is 4.79 Å². The van der Waals surface area contributed by atoms with Crippen molar-refractivity contribution in [2.45, 2.75) is 38.6 Å². The fourth-order valence-corrected chi connectivity index (χ4v) is 2.77. The van der Waals surface area contributed by atoms with Crippen LogP contribution >= 0.6 is 0 Å². The van der Waals surface area contributed by atoms with Gasteiger partial charge in [0.25, 0.3) is 11.6 Å². The Kier molecular flexibility index (Phi) is 5.90. The van der Waals surface area contributed by atoms with Gasteiger partial charge in [0.2, 0.25) is 0 Å². The van der Waals surface area contributed by atoms with Crippen molar-refractivity contribution < 1.29 is 9.72 Å². The first-order chi connectivity index (χ1) is 11.5. The predicted octanol–water partition coefficient (Wildman–Crippen LogP) is 3.11. The standard InChI is InChI=1S/C17H20N4O3/c1-12-4-2-3-5-16(12)19-11-13(10-18)17(22)20-14-6-8-15(9-7-14)21(23)24/h6-9,11-12,16,19H,2-5H2,1H3,(H,20,22)/b13-11-.